The summed E-state index contributed by atoms with van der Waals surface area (Å²) < 4.78 is 1.89. The van der Waals surface area contributed by atoms with Gasteiger partial charge in [-0.15, -0.1) is 5.10 Å². The highest BCUT2D eigenvalue weighted by Crippen LogP contribution is 2.28. The Morgan fingerprint density at radius 1 is 1.27 bits per heavy atom. The number of hydrogen-bond acceptors (Lipinski definition) is 4. The number of rotatable bonds is 2. The lowest BCUT2D eigenvalue weighted by Crippen LogP contribution is -2.13. The van der Waals surface area contributed by atoms with E-state index in [2.05, 4.69) is 15.4 Å². The van der Waals surface area contributed by atoms with Gasteiger partial charge >= 0.3 is 0 Å². The Labute approximate surface area is 90.1 Å². The van der Waals surface area contributed by atoms with E-state index in [9.17, 15) is 0 Å². The summed E-state index contributed by atoms with van der Waals surface area (Å²) in [5.41, 5.74) is 5.85. The zero-order valence-corrected chi connectivity index (χ0v) is 9.24. The second kappa shape index (κ2) is 4.51. The van der Waals surface area contributed by atoms with Gasteiger partial charge in [-0.3, -0.25) is 0 Å². The van der Waals surface area contributed by atoms with Crippen molar-refractivity contribution in [1.29, 1.82) is 0 Å². The van der Waals surface area contributed by atoms with Gasteiger partial charge in [0.25, 0.3) is 0 Å². The largest absolute Gasteiger partial charge is 0.368 e. The number of nitrogen functional groups attached to an aromatic ring is 1. The van der Waals surface area contributed by atoms with Gasteiger partial charge in [-0.2, -0.15) is 4.98 Å². The van der Waals surface area contributed by atoms with Crippen LogP contribution in [0.2, 0.25) is 0 Å². The molecular weight excluding hydrogens is 190 g/mol. The minimum atomic E-state index is 0.446. The van der Waals surface area contributed by atoms with E-state index in [4.69, 9.17) is 5.73 Å². The van der Waals surface area contributed by atoms with Gasteiger partial charge in [-0.05, 0) is 12.8 Å². The van der Waals surface area contributed by atoms with E-state index in [0.29, 0.717) is 17.9 Å². The summed E-state index contributed by atoms with van der Waals surface area (Å²) in [4.78, 5) is 4.15. The third-order valence-electron chi connectivity index (χ3n) is 3.05. The first-order valence-electron chi connectivity index (χ1n) is 5.71. The lowest BCUT2D eigenvalue weighted by atomic mass is 10.1. The van der Waals surface area contributed by atoms with Crippen LogP contribution in [-0.4, -0.2) is 21.8 Å². The molecule has 1 heterocycles. The molecule has 2 rings (SSSR count). The van der Waals surface area contributed by atoms with Crippen LogP contribution in [-0.2, 0) is 0 Å². The molecule has 0 spiro atoms. The zero-order chi connectivity index (χ0) is 10.7. The molecule has 1 aliphatic rings. The van der Waals surface area contributed by atoms with Crippen LogP contribution in [0.5, 0.6) is 0 Å². The molecule has 1 aromatic heterocycles. The van der Waals surface area contributed by atoms with Gasteiger partial charge in [0, 0.05) is 7.05 Å². The third-order valence-corrected chi connectivity index (χ3v) is 3.05. The minimum Gasteiger partial charge on any atom is -0.368 e. The molecule has 0 amide bonds. The Kier molecular flexibility index (Phi) is 3.08. The monoisotopic (exact) mass is 209 g/mol. The first-order chi connectivity index (χ1) is 7.31. The standard InChI is InChI=1S/C10H19N5/c1-12-10-13-9(11)15(14-10)8-6-4-2-3-5-7-8/h8H,2-7H2,1H3,(H3,11,12,13,14). The molecule has 0 saturated heterocycles. The summed E-state index contributed by atoms with van der Waals surface area (Å²) in [7, 11) is 1.81. The second-order valence-corrected chi connectivity index (χ2v) is 4.13. The second-order valence-electron chi connectivity index (χ2n) is 4.13. The minimum absolute atomic E-state index is 0.446. The molecule has 0 aliphatic heterocycles. The van der Waals surface area contributed by atoms with E-state index < -0.39 is 0 Å². The van der Waals surface area contributed by atoms with Crippen LogP contribution in [0.1, 0.15) is 44.6 Å². The molecule has 1 saturated carbocycles. The molecule has 1 fully saturated rings. The fraction of sp³-hybridized carbons (Fsp3) is 0.800. The number of aromatic nitrogens is 3. The van der Waals surface area contributed by atoms with Gasteiger partial charge in [0.2, 0.25) is 11.9 Å². The van der Waals surface area contributed by atoms with Gasteiger partial charge in [0.1, 0.15) is 0 Å². The van der Waals surface area contributed by atoms with Crippen molar-refractivity contribution in [1.82, 2.24) is 14.8 Å². The summed E-state index contributed by atoms with van der Waals surface area (Å²) in [5, 5.41) is 7.28. The molecule has 3 N–H and O–H groups in total. The van der Waals surface area contributed by atoms with Gasteiger partial charge in [-0.25, -0.2) is 4.68 Å². The average molecular weight is 209 g/mol. The van der Waals surface area contributed by atoms with Crippen molar-refractivity contribution in [2.45, 2.75) is 44.6 Å². The number of nitrogens with one attached hydrogen (secondary N) is 1. The molecule has 0 radical (unpaired) electrons. The van der Waals surface area contributed by atoms with Crippen molar-refractivity contribution in [2.24, 2.45) is 0 Å². The van der Waals surface area contributed by atoms with Crippen LogP contribution in [0.15, 0.2) is 0 Å². The summed E-state index contributed by atoms with van der Waals surface area (Å²) >= 11 is 0. The van der Waals surface area contributed by atoms with E-state index in [1.807, 2.05) is 11.7 Å². The van der Waals surface area contributed by atoms with E-state index in [-0.39, 0.29) is 0 Å². The Balaban J connectivity index is 2.15. The Hall–Kier alpha value is -1.26. The van der Waals surface area contributed by atoms with Crippen LogP contribution in [0.4, 0.5) is 11.9 Å². The predicted molar refractivity (Wildman–Crippen MR) is 60.7 cm³/mol. The molecule has 0 atom stereocenters. The summed E-state index contributed by atoms with van der Waals surface area (Å²) in [6.45, 7) is 0. The molecule has 84 valence electrons. The lowest BCUT2D eigenvalue weighted by Gasteiger charge is -2.14. The number of hydrogen-bond donors (Lipinski definition) is 2. The summed E-state index contributed by atoms with van der Waals surface area (Å²) in [6.07, 6.45) is 7.58. The molecule has 1 aliphatic carbocycles. The van der Waals surface area contributed by atoms with Crippen LogP contribution < -0.4 is 11.1 Å². The maximum Gasteiger partial charge on any atom is 0.243 e. The molecular formula is C10H19N5. The quantitative estimate of drug-likeness (QED) is 0.729. The fourth-order valence-corrected chi connectivity index (χ4v) is 2.21. The molecule has 5 nitrogen and oxygen atoms in total. The number of anilines is 2. The van der Waals surface area contributed by atoms with Gasteiger partial charge in [-0.1, -0.05) is 25.7 Å². The number of nitrogens with zero attached hydrogens (tertiary/aromatic N) is 3. The van der Waals surface area contributed by atoms with Crippen molar-refractivity contribution in [3.8, 4) is 0 Å². The maximum atomic E-state index is 5.85. The van der Waals surface area contributed by atoms with Crippen molar-refractivity contribution in [3.63, 3.8) is 0 Å². The highest BCUT2D eigenvalue weighted by atomic mass is 15.4. The fourth-order valence-electron chi connectivity index (χ4n) is 2.21. The van der Waals surface area contributed by atoms with Gasteiger partial charge in [0.15, 0.2) is 0 Å². The molecule has 1 aromatic rings. The maximum absolute atomic E-state index is 5.85. The van der Waals surface area contributed by atoms with E-state index in [1.54, 1.807) is 0 Å². The van der Waals surface area contributed by atoms with Crippen LogP contribution >= 0.6 is 0 Å². The summed E-state index contributed by atoms with van der Waals surface area (Å²) in [5.74, 6) is 1.16. The molecule has 15 heavy (non-hydrogen) atoms. The van der Waals surface area contributed by atoms with E-state index >= 15 is 0 Å². The first-order valence-corrected chi connectivity index (χ1v) is 5.71. The smallest absolute Gasteiger partial charge is 0.243 e. The molecule has 0 unspecified atom stereocenters. The lowest BCUT2D eigenvalue weighted by molar-refractivity contribution is 0.411. The highest BCUT2D eigenvalue weighted by molar-refractivity contribution is 5.30. The van der Waals surface area contributed by atoms with Crippen molar-refractivity contribution >= 4 is 11.9 Å². The van der Waals surface area contributed by atoms with E-state index in [0.717, 1.165) is 0 Å². The van der Waals surface area contributed by atoms with E-state index in [1.165, 1.54) is 38.5 Å². The van der Waals surface area contributed by atoms with Gasteiger partial charge < -0.3 is 11.1 Å². The Morgan fingerprint density at radius 3 is 2.47 bits per heavy atom. The van der Waals surface area contributed by atoms with Crippen LogP contribution in [0.3, 0.4) is 0 Å². The summed E-state index contributed by atoms with van der Waals surface area (Å²) in [6, 6.07) is 0.446. The Morgan fingerprint density at radius 2 is 1.93 bits per heavy atom. The molecule has 0 bridgehead atoms. The Bertz CT molecular complexity index is 312. The normalized spacial score (nSPS) is 18.7. The third kappa shape index (κ3) is 2.22. The SMILES string of the molecule is CNc1nc(N)n(C2CCCCCC2)n1. The van der Waals surface area contributed by atoms with Crippen molar-refractivity contribution < 1.29 is 0 Å². The van der Waals surface area contributed by atoms with Gasteiger partial charge in [0.05, 0.1) is 6.04 Å². The molecule has 0 aromatic carbocycles. The zero-order valence-electron chi connectivity index (χ0n) is 9.24. The van der Waals surface area contributed by atoms with Crippen LogP contribution in [0, 0.1) is 0 Å². The van der Waals surface area contributed by atoms with Crippen LogP contribution in [0.25, 0.3) is 0 Å². The molecule has 5 heteroatoms. The number of nitrogens with two attached hydrogens (primary N) is 1. The first kappa shape index (κ1) is 10.3. The average Bonchev–Trinajstić information content (AvgIpc) is 2.48. The highest BCUT2D eigenvalue weighted by Gasteiger charge is 2.18. The van der Waals surface area contributed by atoms with Crippen molar-refractivity contribution in [2.75, 3.05) is 18.1 Å². The predicted octanol–water partition coefficient (Wildman–Crippen LogP) is 1.80. The topological polar surface area (TPSA) is 68.8 Å². The van der Waals surface area contributed by atoms with Crippen molar-refractivity contribution in [3.05, 3.63) is 0 Å².